The van der Waals surface area contributed by atoms with Crippen LogP contribution in [0.2, 0.25) is 0 Å². The third kappa shape index (κ3) is 4.16. The van der Waals surface area contributed by atoms with E-state index in [0.29, 0.717) is 12.3 Å². The maximum absolute atomic E-state index is 12.9. The number of benzene rings is 1. The van der Waals surface area contributed by atoms with Crippen LogP contribution in [-0.2, 0) is 11.3 Å². The van der Waals surface area contributed by atoms with Crippen molar-refractivity contribution in [3.63, 3.8) is 0 Å². The summed E-state index contributed by atoms with van der Waals surface area (Å²) in [5.74, 6) is 0.340. The second kappa shape index (κ2) is 6.45. The lowest BCUT2D eigenvalue weighted by atomic mass is 10.1. The predicted octanol–water partition coefficient (Wildman–Crippen LogP) is 2.58. The number of hydrogen-bond donors (Lipinski definition) is 1. The van der Waals surface area contributed by atoms with E-state index >= 15 is 0 Å². The Balaban J connectivity index is 2.69. The molecule has 0 fully saturated rings. The minimum atomic E-state index is -0.282. The van der Waals surface area contributed by atoms with E-state index < -0.39 is 0 Å². The standard InChI is InChI=1S/C12H14FNOS/c1-9(15)16-6-2-3-10-4-5-12(13)7-11(10)8-14/h2-5,7H,6,8,14H2,1H3. The van der Waals surface area contributed by atoms with Crippen molar-refractivity contribution >= 4 is 23.0 Å². The molecule has 16 heavy (non-hydrogen) atoms. The van der Waals surface area contributed by atoms with Gasteiger partial charge in [-0.25, -0.2) is 4.39 Å². The van der Waals surface area contributed by atoms with Crippen LogP contribution < -0.4 is 5.73 Å². The van der Waals surface area contributed by atoms with Crippen LogP contribution in [0.1, 0.15) is 18.1 Å². The molecule has 2 N–H and O–H groups in total. The summed E-state index contributed by atoms with van der Waals surface area (Å²) in [4.78, 5) is 10.7. The number of nitrogens with two attached hydrogens (primary N) is 1. The van der Waals surface area contributed by atoms with Gasteiger partial charge in [-0.05, 0) is 23.3 Å². The largest absolute Gasteiger partial charge is 0.326 e. The first-order chi connectivity index (χ1) is 7.63. The number of thioether (sulfide) groups is 1. The van der Waals surface area contributed by atoms with Crippen LogP contribution in [0, 0.1) is 5.82 Å². The van der Waals surface area contributed by atoms with Gasteiger partial charge in [0.2, 0.25) is 0 Å². The lowest BCUT2D eigenvalue weighted by Crippen LogP contribution is -1.99. The van der Waals surface area contributed by atoms with E-state index in [1.165, 1.54) is 30.8 Å². The van der Waals surface area contributed by atoms with E-state index in [4.69, 9.17) is 5.73 Å². The Morgan fingerprint density at radius 1 is 1.56 bits per heavy atom. The van der Waals surface area contributed by atoms with E-state index in [2.05, 4.69) is 0 Å². The van der Waals surface area contributed by atoms with Gasteiger partial charge in [0.25, 0.3) is 0 Å². The SMILES string of the molecule is CC(=O)SCC=Cc1ccc(F)cc1CN. The zero-order chi connectivity index (χ0) is 12.0. The highest BCUT2D eigenvalue weighted by molar-refractivity contribution is 8.13. The average molecular weight is 239 g/mol. The van der Waals surface area contributed by atoms with Crippen LogP contribution in [-0.4, -0.2) is 10.9 Å². The smallest absolute Gasteiger partial charge is 0.186 e. The fourth-order valence-corrected chi connectivity index (χ4v) is 1.68. The van der Waals surface area contributed by atoms with Gasteiger partial charge in [-0.15, -0.1) is 0 Å². The summed E-state index contributed by atoms with van der Waals surface area (Å²) in [6.45, 7) is 1.83. The maximum atomic E-state index is 12.9. The van der Waals surface area contributed by atoms with Crippen molar-refractivity contribution in [2.24, 2.45) is 5.73 Å². The van der Waals surface area contributed by atoms with Crippen molar-refractivity contribution in [2.45, 2.75) is 13.5 Å². The first-order valence-corrected chi connectivity index (χ1v) is 5.90. The molecule has 0 atom stereocenters. The van der Waals surface area contributed by atoms with E-state index in [1.54, 1.807) is 6.07 Å². The topological polar surface area (TPSA) is 43.1 Å². The molecule has 0 heterocycles. The number of hydrogen-bond acceptors (Lipinski definition) is 3. The number of carbonyl (C=O) groups is 1. The number of rotatable bonds is 4. The van der Waals surface area contributed by atoms with Gasteiger partial charge >= 0.3 is 0 Å². The molecule has 2 nitrogen and oxygen atoms in total. The highest BCUT2D eigenvalue weighted by atomic mass is 32.2. The first-order valence-electron chi connectivity index (χ1n) is 4.92. The Morgan fingerprint density at radius 2 is 2.31 bits per heavy atom. The summed E-state index contributed by atoms with van der Waals surface area (Å²) in [5.41, 5.74) is 7.18. The highest BCUT2D eigenvalue weighted by Crippen LogP contribution is 2.13. The molecule has 1 aromatic carbocycles. The Kier molecular flexibility index (Phi) is 5.22. The van der Waals surface area contributed by atoms with Crippen molar-refractivity contribution in [1.82, 2.24) is 0 Å². The lowest BCUT2D eigenvalue weighted by Gasteiger charge is -2.02. The summed E-state index contributed by atoms with van der Waals surface area (Å²) < 4.78 is 12.9. The van der Waals surface area contributed by atoms with Crippen LogP contribution in [0.25, 0.3) is 6.08 Å². The fourth-order valence-electron chi connectivity index (χ4n) is 1.25. The van der Waals surface area contributed by atoms with Crippen molar-refractivity contribution in [2.75, 3.05) is 5.75 Å². The minimum Gasteiger partial charge on any atom is -0.326 e. The van der Waals surface area contributed by atoms with Gasteiger partial charge in [-0.2, -0.15) is 0 Å². The van der Waals surface area contributed by atoms with Crippen LogP contribution in [0.5, 0.6) is 0 Å². The van der Waals surface area contributed by atoms with Gasteiger partial charge < -0.3 is 5.73 Å². The van der Waals surface area contributed by atoms with Gasteiger partial charge in [-0.1, -0.05) is 30.0 Å². The first kappa shape index (κ1) is 12.9. The molecule has 0 aliphatic heterocycles. The Bertz CT molecular complexity index is 404. The van der Waals surface area contributed by atoms with Gasteiger partial charge in [0.15, 0.2) is 5.12 Å². The molecular formula is C12H14FNOS. The van der Waals surface area contributed by atoms with E-state index in [0.717, 1.165) is 11.1 Å². The summed E-state index contributed by atoms with van der Waals surface area (Å²) in [6, 6.07) is 4.52. The Hall–Kier alpha value is -1.13. The Labute approximate surface area is 98.7 Å². The lowest BCUT2D eigenvalue weighted by molar-refractivity contribution is -0.109. The van der Waals surface area contributed by atoms with E-state index in [9.17, 15) is 9.18 Å². The van der Waals surface area contributed by atoms with Gasteiger partial charge in [-0.3, -0.25) is 4.79 Å². The van der Waals surface area contributed by atoms with Crippen LogP contribution in [0.4, 0.5) is 4.39 Å². The second-order valence-electron chi connectivity index (χ2n) is 3.25. The van der Waals surface area contributed by atoms with Crippen molar-refractivity contribution < 1.29 is 9.18 Å². The third-order valence-corrected chi connectivity index (χ3v) is 2.77. The molecule has 0 saturated carbocycles. The van der Waals surface area contributed by atoms with Gasteiger partial charge in [0.1, 0.15) is 5.82 Å². The van der Waals surface area contributed by atoms with Crippen LogP contribution in [0.3, 0.4) is 0 Å². The van der Waals surface area contributed by atoms with Crippen LogP contribution in [0.15, 0.2) is 24.3 Å². The molecule has 1 aromatic rings. The van der Waals surface area contributed by atoms with Crippen molar-refractivity contribution in [3.05, 3.63) is 41.2 Å². The van der Waals surface area contributed by atoms with E-state index in [-0.39, 0.29) is 10.9 Å². The minimum absolute atomic E-state index is 0.0859. The molecule has 4 heteroatoms. The number of halogens is 1. The van der Waals surface area contributed by atoms with Crippen LogP contribution >= 0.6 is 11.8 Å². The quantitative estimate of drug-likeness (QED) is 0.878. The number of carbonyl (C=O) groups excluding carboxylic acids is 1. The molecular weight excluding hydrogens is 225 g/mol. The molecule has 86 valence electrons. The van der Waals surface area contributed by atoms with Crippen molar-refractivity contribution in [3.8, 4) is 0 Å². The summed E-state index contributed by atoms with van der Waals surface area (Å²) in [6.07, 6.45) is 3.73. The zero-order valence-corrected chi connectivity index (χ0v) is 9.89. The average Bonchev–Trinajstić information content (AvgIpc) is 2.25. The molecule has 0 radical (unpaired) electrons. The Morgan fingerprint density at radius 3 is 2.94 bits per heavy atom. The maximum Gasteiger partial charge on any atom is 0.186 e. The normalized spacial score (nSPS) is 10.9. The molecule has 0 aliphatic carbocycles. The highest BCUT2D eigenvalue weighted by Gasteiger charge is 1.99. The summed E-state index contributed by atoms with van der Waals surface area (Å²) >= 11 is 1.24. The monoisotopic (exact) mass is 239 g/mol. The molecule has 0 aromatic heterocycles. The molecule has 0 unspecified atom stereocenters. The molecule has 0 saturated heterocycles. The van der Waals surface area contributed by atoms with Gasteiger partial charge in [0, 0.05) is 19.2 Å². The summed E-state index contributed by atoms with van der Waals surface area (Å²) in [5, 5.41) is 0.0859. The molecule has 0 amide bonds. The summed E-state index contributed by atoms with van der Waals surface area (Å²) in [7, 11) is 0. The van der Waals surface area contributed by atoms with Crippen molar-refractivity contribution in [1.29, 1.82) is 0 Å². The molecule has 0 bridgehead atoms. The fraction of sp³-hybridized carbons (Fsp3) is 0.250. The zero-order valence-electron chi connectivity index (χ0n) is 9.07. The third-order valence-electron chi connectivity index (χ3n) is 2.01. The predicted molar refractivity (Wildman–Crippen MR) is 66.5 cm³/mol. The molecule has 0 spiro atoms. The van der Waals surface area contributed by atoms with Gasteiger partial charge in [0.05, 0.1) is 0 Å². The van der Waals surface area contributed by atoms with E-state index in [1.807, 2.05) is 12.2 Å². The molecule has 1 rings (SSSR count). The second-order valence-corrected chi connectivity index (χ2v) is 4.45. The molecule has 0 aliphatic rings.